The van der Waals surface area contributed by atoms with Gasteiger partial charge in [0.25, 0.3) is 0 Å². The summed E-state index contributed by atoms with van der Waals surface area (Å²) in [5, 5.41) is 3.07. The summed E-state index contributed by atoms with van der Waals surface area (Å²) in [6, 6.07) is -0.103. The third-order valence-electron chi connectivity index (χ3n) is 5.98. The summed E-state index contributed by atoms with van der Waals surface area (Å²) in [7, 11) is 0. The lowest BCUT2D eigenvalue weighted by molar-refractivity contribution is -0.148. The summed E-state index contributed by atoms with van der Waals surface area (Å²) in [5.74, 6) is 0.689. The maximum absolute atomic E-state index is 13.3. The molecule has 1 N–H and O–H groups in total. The van der Waals surface area contributed by atoms with Crippen molar-refractivity contribution in [2.24, 2.45) is 11.8 Å². The average molecular weight is 396 g/mol. The molecule has 0 bridgehead atoms. The molecule has 0 saturated carbocycles. The molecule has 2 aliphatic rings. The summed E-state index contributed by atoms with van der Waals surface area (Å²) in [6.45, 7) is 14.3. The summed E-state index contributed by atoms with van der Waals surface area (Å²) in [4.78, 5) is 30.0. The predicted molar refractivity (Wildman–Crippen MR) is 112 cm³/mol. The summed E-state index contributed by atoms with van der Waals surface area (Å²) >= 11 is 0. The van der Waals surface area contributed by atoms with Crippen molar-refractivity contribution in [2.45, 2.75) is 85.0 Å². The van der Waals surface area contributed by atoms with Crippen molar-refractivity contribution in [3.63, 3.8) is 0 Å². The first-order valence-electron chi connectivity index (χ1n) is 11.3. The van der Waals surface area contributed by atoms with E-state index in [1.165, 1.54) is 0 Å². The SMILES string of the molecule is CCCCCNC(=O)C1CCN(C(=O)C(C(C)C)N2CC(C)OC(C)C2)CC1. The molecule has 0 spiro atoms. The van der Waals surface area contributed by atoms with Gasteiger partial charge in [0.05, 0.1) is 18.2 Å². The number of piperidine rings is 1. The minimum Gasteiger partial charge on any atom is -0.373 e. The zero-order valence-electron chi connectivity index (χ0n) is 18.6. The maximum atomic E-state index is 13.3. The molecule has 0 aliphatic carbocycles. The number of carbonyl (C=O) groups excluding carboxylic acids is 2. The molecule has 0 aromatic rings. The second-order valence-electron chi connectivity index (χ2n) is 9.00. The van der Waals surface area contributed by atoms with Crippen molar-refractivity contribution in [2.75, 3.05) is 32.7 Å². The topological polar surface area (TPSA) is 61.9 Å². The highest BCUT2D eigenvalue weighted by Gasteiger charge is 2.37. The van der Waals surface area contributed by atoms with E-state index in [1.54, 1.807) is 0 Å². The van der Waals surface area contributed by atoms with Gasteiger partial charge >= 0.3 is 0 Å². The number of hydrogen-bond donors (Lipinski definition) is 1. The van der Waals surface area contributed by atoms with Gasteiger partial charge in [0.15, 0.2) is 0 Å². The van der Waals surface area contributed by atoms with E-state index in [2.05, 4.69) is 44.8 Å². The lowest BCUT2D eigenvalue weighted by atomic mass is 9.93. The number of nitrogens with zero attached hydrogens (tertiary/aromatic N) is 2. The number of likely N-dealkylation sites (tertiary alicyclic amines) is 1. The molecule has 3 unspecified atom stereocenters. The Bertz CT molecular complexity index is 493. The van der Waals surface area contributed by atoms with Gasteiger partial charge in [-0.1, -0.05) is 33.6 Å². The van der Waals surface area contributed by atoms with Crippen LogP contribution in [0.2, 0.25) is 0 Å². The molecule has 0 aromatic carbocycles. The van der Waals surface area contributed by atoms with E-state index in [0.717, 1.165) is 51.7 Å². The van der Waals surface area contributed by atoms with Gasteiger partial charge in [-0.3, -0.25) is 14.5 Å². The number of morpholine rings is 1. The Morgan fingerprint density at radius 1 is 1.07 bits per heavy atom. The van der Waals surface area contributed by atoms with Crippen molar-refractivity contribution in [1.82, 2.24) is 15.1 Å². The van der Waals surface area contributed by atoms with Crippen LogP contribution in [0.1, 0.15) is 66.7 Å². The lowest BCUT2D eigenvalue weighted by Crippen LogP contribution is -2.58. The van der Waals surface area contributed by atoms with E-state index >= 15 is 0 Å². The van der Waals surface area contributed by atoms with E-state index in [-0.39, 0.29) is 41.9 Å². The van der Waals surface area contributed by atoms with Gasteiger partial charge in [0, 0.05) is 38.6 Å². The van der Waals surface area contributed by atoms with E-state index in [1.807, 2.05) is 4.90 Å². The van der Waals surface area contributed by atoms with Gasteiger partial charge in [-0.15, -0.1) is 0 Å². The molecule has 2 saturated heterocycles. The zero-order chi connectivity index (χ0) is 20.7. The molecule has 162 valence electrons. The smallest absolute Gasteiger partial charge is 0.240 e. The van der Waals surface area contributed by atoms with E-state index in [9.17, 15) is 9.59 Å². The minimum absolute atomic E-state index is 0.0478. The largest absolute Gasteiger partial charge is 0.373 e. The number of amides is 2. The number of unbranched alkanes of at least 4 members (excludes halogenated alkanes) is 2. The van der Waals surface area contributed by atoms with Gasteiger partial charge in [0.1, 0.15) is 0 Å². The summed E-state index contributed by atoms with van der Waals surface area (Å²) < 4.78 is 5.85. The molecule has 2 heterocycles. The van der Waals surface area contributed by atoms with Crippen LogP contribution in [0, 0.1) is 11.8 Å². The monoisotopic (exact) mass is 395 g/mol. The van der Waals surface area contributed by atoms with E-state index in [4.69, 9.17) is 4.74 Å². The third kappa shape index (κ3) is 6.45. The van der Waals surface area contributed by atoms with Crippen molar-refractivity contribution in [3.8, 4) is 0 Å². The summed E-state index contributed by atoms with van der Waals surface area (Å²) in [5.41, 5.74) is 0. The molecule has 6 heteroatoms. The molecule has 2 amide bonds. The number of carbonyl (C=O) groups is 2. The Hall–Kier alpha value is -1.14. The van der Waals surface area contributed by atoms with Crippen LogP contribution in [0.5, 0.6) is 0 Å². The fourth-order valence-corrected chi connectivity index (χ4v) is 4.59. The first-order chi connectivity index (χ1) is 13.3. The third-order valence-corrected chi connectivity index (χ3v) is 5.98. The van der Waals surface area contributed by atoms with Crippen LogP contribution in [0.4, 0.5) is 0 Å². The first kappa shape index (κ1) is 23.1. The predicted octanol–water partition coefficient (Wildman–Crippen LogP) is 2.67. The molecule has 2 aliphatic heterocycles. The normalized spacial score (nSPS) is 25.7. The summed E-state index contributed by atoms with van der Waals surface area (Å²) in [6.07, 6.45) is 5.21. The molecule has 2 fully saturated rings. The van der Waals surface area contributed by atoms with Crippen LogP contribution >= 0.6 is 0 Å². The fraction of sp³-hybridized carbons (Fsp3) is 0.909. The van der Waals surface area contributed by atoms with Crippen molar-refractivity contribution in [1.29, 1.82) is 0 Å². The first-order valence-corrected chi connectivity index (χ1v) is 11.3. The standard InChI is InChI=1S/C22H41N3O3/c1-6-7-8-11-23-21(26)19-9-12-24(13-10-19)22(27)20(16(2)3)25-14-17(4)28-18(5)15-25/h16-20H,6-15H2,1-5H3,(H,23,26). The van der Waals surface area contributed by atoms with Gasteiger partial charge in [-0.2, -0.15) is 0 Å². The molecule has 3 atom stereocenters. The van der Waals surface area contributed by atoms with Crippen LogP contribution in [-0.4, -0.2) is 72.6 Å². The van der Waals surface area contributed by atoms with Crippen LogP contribution in [0.3, 0.4) is 0 Å². The molecule has 6 nitrogen and oxygen atoms in total. The Morgan fingerprint density at radius 3 is 2.21 bits per heavy atom. The molecular weight excluding hydrogens is 354 g/mol. The maximum Gasteiger partial charge on any atom is 0.240 e. The van der Waals surface area contributed by atoms with Gasteiger partial charge < -0.3 is 15.0 Å². The molecule has 2 rings (SSSR count). The Morgan fingerprint density at radius 2 is 1.68 bits per heavy atom. The number of nitrogens with one attached hydrogen (secondary N) is 1. The highest BCUT2D eigenvalue weighted by Crippen LogP contribution is 2.24. The molecule has 28 heavy (non-hydrogen) atoms. The zero-order valence-corrected chi connectivity index (χ0v) is 18.6. The molecule has 0 aromatic heterocycles. The van der Waals surface area contributed by atoms with Crippen LogP contribution < -0.4 is 5.32 Å². The van der Waals surface area contributed by atoms with Crippen LogP contribution in [0.25, 0.3) is 0 Å². The Labute approximate surface area is 171 Å². The van der Waals surface area contributed by atoms with E-state index in [0.29, 0.717) is 13.1 Å². The van der Waals surface area contributed by atoms with Crippen LogP contribution in [-0.2, 0) is 14.3 Å². The second kappa shape index (κ2) is 11.1. The number of rotatable bonds is 8. The highest BCUT2D eigenvalue weighted by atomic mass is 16.5. The number of ether oxygens (including phenoxy) is 1. The lowest BCUT2D eigenvalue weighted by Gasteiger charge is -2.43. The van der Waals surface area contributed by atoms with E-state index < -0.39 is 0 Å². The van der Waals surface area contributed by atoms with Crippen molar-refractivity contribution >= 4 is 11.8 Å². The Kier molecular flexibility index (Phi) is 9.22. The second-order valence-corrected chi connectivity index (χ2v) is 9.00. The Balaban J connectivity index is 1.87. The number of hydrogen-bond acceptors (Lipinski definition) is 4. The average Bonchev–Trinajstić information content (AvgIpc) is 2.64. The minimum atomic E-state index is -0.103. The van der Waals surface area contributed by atoms with Gasteiger partial charge in [-0.05, 0) is 39.0 Å². The quantitative estimate of drug-likeness (QED) is 0.642. The molecular formula is C22H41N3O3. The van der Waals surface area contributed by atoms with Crippen molar-refractivity contribution in [3.05, 3.63) is 0 Å². The van der Waals surface area contributed by atoms with Crippen molar-refractivity contribution < 1.29 is 14.3 Å². The highest BCUT2D eigenvalue weighted by molar-refractivity contribution is 5.83. The molecule has 0 radical (unpaired) electrons. The fourth-order valence-electron chi connectivity index (χ4n) is 4.59. The van der Waals surface area contributed by atoms with Gasteiger partial charge in [0.2, 0.25) is 11.8 Å². The van der Waals surface area contributed by atoms with Gasteiger partial charge in [-0.25, -0.2) is 0 Å². The van der Waals surface area contributed by atoms with Crippen LogP contribution in [0.15, 0.2) is 0 Å².